The van der Waals surface area contributed by atoms with Gasteiger partial charge in [-0.15, -0.1) is 0 Å². The Hall–Kier alpha value is -2.60. The summed E-state index contributed by atoms with van der Waals surface area (Å²) in [7, 11) is 3.24. The van der Waals surface area contributed by atoms with Crippen LogP contribution in [0.15, 0.2) is 30.3 Å². The Kier molecular flexibility index (Phi) is 3.88. The average Bonchev–Trinajstić information content (AvgIpc) is 3.08. The molecule has 0 fully saturated rings. The molecule has 0 saturated heterocycles. The highest BCUT2D eigenvalue weighted by atomic mass is 16.7. The van der Waals surface area contributed by atoms with Crippen molar-refractivity contribution >= 4 is 0 Å². The topological polar surface area (TPSA) is 66.4 Å². The fourth-order valence-electron chi connectivity index (χ4n) is 3.68. The number of hydrogen-bond acceptors (Lipinski definition) is 6. The zero-order valence-electron chi connectivity index (χ0n) is 15.2. The molecular formula is C20H22O6. The minimum Gasteiger partial charge on any atom is -0.497 e. The standard InChI is InChI=1S/C20H22O6/c1-11-19(13-6-5-12(22-3)7-15(13)23-4)14-8-17-18(25-10-24-17)9-16(14)26-20(11,2)21/h5-9,11,19,21H,10H2,1-4H3. The number of aliphatic hydroxyl groups is 1. The monoisotopic (exact) mass is 358 g/mol. The number of benzene rings is 2. The quantitative estimate of drug-likeness (QED) is 0.908. The molecule has 2 aliphatic rings. The second kappa shape index (κ2) is 5.99. The zero-order valence-corrected chi connectivity index (χ0v) is 15.2. The Morgan fingerprint density at radius 1 is 1.00 bits per heavy atom. The SMILES string of the molecule is COc1ccc(C2c3cc4c(cc3OC(C)(O)C2C)OCO4)c(OC)c1. The van der Waals surface area contributed by atoms with E-state index in [2.05, 4.69) is 0 Å². The summed E-state index contributed by atoms with van der Waals surface area (Å²) >= 11 is 0. The van der Waals surface area contributed by atoms with E-state index in [1.165, 1.54) is 0 Å². The third kappa shape index (κ3) is 2.52. The Bertz CT molecular complexity index is 844. The second-order valence-corrected chi connectivity index (χ2v) is 6.77. The fraction of sp³-hybridized carbons (Fsp3) is 0.400. The first-order valence-electron chi connectivity index (χ1n) is 8.51. The summed E-state index contributed by atoms with van der Waals surface area (Å²) in [6.45, 7) is 3.82. The van der Waals surface area contributed by atoms with Crippen molar-refractivity contribution in [1.29, 1.82) is 0 Å². The highest BCUT2D eigenvalue weighted by Crippen LogP contribution is 2.53. The van der Waals surface area contributed by atoms with E-state index in [4.69, 9.17) is 23.7 Å². The molecule has 6 nitrogen and oxygen atoms in total. The molecule has 2 aromatic rings. The molecule has 3 atom stereocenters. The average molecular weight is 358 g/mol. The van der Waals surface area contributed by atoms with Crippen LogP contribution in [-0.2, 0) is 0 Å². The van der Waals surface area contributed by atoms with Gasteiger partial charge in [-0.25, -0.2) is 0 Å². The molecule has 2 heterocycles. The van der Waals surface area contributed by atoms with Gasteiger partial charge < -0.3 is 28.8 Å². The number of ether oxygens (including phenoxy) is 5. The van der Waals surface area contributed by atoms with Crippen LogP contribution in [0.1, 0.15) is 30.9 Å². The van der Waals surface area contributed by atoms with E-state index in [9.17, 15) is 5.11 Å². The highest BCUT2D eigenvalue weighted by molar-refractivity contribution is 5.58. The number of methoxy groups -OCH3 is 2. The predicted octanol–water partition coefficient (Wildman–Crippen LogP) is 3.30. The van der Waals surface area contributed by atoms with E-state index < -0.39 is 5.79 Å². The van der Waals surface area contributed by atoms with E-state index in [1.807, 2.05) is 31.2 Å². The van der Waals surface area contributed by atoms with Crippen molar-refractivity contribution < 1.29 is 28.8 Å². The molecule has 3 unspecified atom stereocenters. The van der Waals surface area contributed by atoms with Gasteiger partial charge in [-0.05, 0) is 12.1 Å². The van der Waals surface area contributed by atoms with Crippen LogP contribution in [0.2, 0.25) is 0 Å². The van der Waals surface area contributed by atoms with Crippen LogP contribution in [0.3, 0.4) is 0 Å². The normalized spacial score (nSPS) is 26.0. The largest absolute Gasteiger partial charge is 0.497 e. The minimum atomic E-state index is -1.34. The Morgan fingerprint density at radius 2 is 1.73 bits per heavy atom. The molecule has 0 radical (unpaired) electrons. The van der Waals surface area contributed by atoms with Crippen LogP contribution in [0.4, 0.5) is 0 Å². The smallest absolute Gasteiger partial charge is 0.231 e. The van der Waals surface area contributed by atoms with E-state index in [0.717, 1.165) is 11.1 Å². The second-order valence-electron chi connectivity index (χ2n) is 6.77. The molecule has 4 rings (SSSR count). The molecule has 6 heteroatoms. The van der Waals surface area contributed by atoms with Gasteiger partial charge in [0.2, 0.25) is 12.6 Å². The van der Waals surface area contributed by atoms with Crippen LogP contribution >= 0.6 is 0 Å². The fourth-order valence-corrected chi connectivity index (χ4v) is 3.68. The molecule has 0 aliphatic carbocycles. The first-order chi connectivity index (χ1) is 12.4. The Balaban J connectivity index is 1.90. The maximum absolute atomic E-state index is 10.9. The van der Waals surface area contributed by atoms with Gasteiger partial charge in [0.1, 0.15) is 17.2 Å². The van der Waals surface area contributed by atoms with Gasteiger partial charge >= 0.3 is 0 Å². The van der Waals surface area contributed by atoms with Crippen LogP contribution in [0, 0.1) is 5.92 Å². The summed E-state index contributed by atoms with van der Waals surface area (Å²) in [5.41, 5.74) is 1.88. The van der Waals surface area contributed by atoms with Crippen LogP contribution < -0.4 is 23.7 Å². The molecular weight excluding hydrogens is 336 g/mol. The van der Waals surface area contributed by atoms with Crippen molar-refractivity contribution in [2.45, 2.75) is 25.6 Å². The minimum absolute atomic E-state index is 0.149. The van der Waals surface area contributed by atoms with Crippen molar-refractivity contribution in [3.05, 3.63) is 41.5 Å². The van der Waals surface area contributed by atoms with E-state index in [0.29, 0.717) is 28.7 Å². The summed E-state index contributed by atoms with van der Waals surface area (Å²) in [5, 5.41) is 10.9. The summed E-state index contributed by atoms with van der Waals surface area (Å²) in [6.07, 6.45) is 0. The first kappa shape index (κ1) is 16.8. The maximum atomic E-state index is 10.9. The molecule has 26 heavy (non-hydrogen) atoms. The molecule has 0 aromatic heterocycles. The third-order valence-electron chi connectivity index (χ3n) is 5.28. The summed E-state index contributed by atoms with van der Waals surface area (Å²) in [4.78, 5) is 0. The lowest BCUT2D eigenvalue weighted by Crippen LogP contribution is -2.45. The number of fused-ring (bicyclic) bond motifs is 2. The van der Waals surface area contributed by atoms with Crippen LogP contribution in [0.25, 0.3) is 0 Å². The lowest BCUT2D eigenvalue weighted by atomic mass is 9.75. The van der Waals surface area contributed by atoms with E-state index in [-0.39, 0.29) is 18.6 Å². The van der Waals surface area contributed by atoms with Crippen molar-refractivity contribution in [2.75, 3.05) is 21.0 Å². The lowest BCUT2D eigenvalue weighted by molar-refractivity contribution is -0.171. The summed E-state index contributed by atoms with van der Waals surface area (Å²) in [5.74, 6) is 1.58. The number of hydrogen-bond donors (Lipinski definition) is 1. The van der Waals surface area contributed by atoms with E-state index in [1.54, 1.807) is 27.2 Å². The van der Waals surface area contributed by atoms with Gasteiger partial charge in [-0.2, -0.15) is 0 Å². The van der Waals surface area contributed by atoms with Gasteiger partial charge in [0.25, 0.3) is 0 Å². The zero-order chi connectivity index (χ0) is 18.5. The Morgan fingerprint density at radius 3 is 2.42 bits per heavy atom. The molecule has 0 spiro atoms. The van der Waals surface area contributed by atoms with E-state index >= 15 is 0 Å². The molecule has 2 aromatic carbocycles. The van der Waals surface area contributed by atoms with Crippen molar-refractivity contribution in [3.63, 3.8) is 0 Å². The van der Waals surface area contributed by atoms with Gasteiger partial charge in [-0.1, -0.05) is 13.0 Å². The van der Waals surface area contributed by atoms with Crippen molar-refractivity contribution in [2.24, 2.45) is 5.92 Å². The van der Waals surface area contributed by atoms with Crippen LogP contribution in [0.5, 0.6) is 28.7 Å². The molecule has 0 amide bonds. The summed E-state index contributed by atoms with van der Waals surface area (Å²) < 4.78 is 27.8. The summed E-state index contributed by atoms with van der Waals surface area (Å²) in [6, 6.07) is 9.41. The third-order valence-corrected chi connectivity index (χ3v) is 5.28. The van der Waals surface area contributed by atoms with Crippen LogP contribution in [-0.4, -0.2) is 31.9 Å². The molecule has 138 valence electrons. The lowest BCUT2D eigenvalue weighted by Gasteiger charge is -2.42. The predicted molar refractivity (Wildman–Crippen MR) is 94.4 cm³/mol. The molecule has 2 aliphatic heterocycles. The van der Waals surface area contributed by atoms with Gasteiger partial charge in [0.15, 0.2) is 11.5 Å². The molecule has 0 bridgehead atoms. The van der Waals surface area contributed by atoms with Gasteiger partial charge in [0, 0.05) is 42.0 Å². The molecule has 1 N–H and O–H groups in total. The van der Waals surface area contributed by atoms with Crippen molar-refractivity contribution in [1.82, 2.24) is 0 Å². The first-order valence-corrected chi connectivity index (χ1v) is 8.51. The van der Waals surface area contributed by atoms with Gasteiger partial charge in [0.05, 0.1) is 14.2 Å². The van der Waals surface area contributed by atoms with Gasteiger partial charge in [-0.3, -0.25) is 0 Å². The maximum Gasteiger partial charge on any atom is 0.231 e. The van der Waals surface area contributed by atoms with Crippen molar-refractivity contribution in [3.8, 4) is 28.7 Å². The molecule has 0 saturated carbocycles. The Labute approximate surface area is 152 Å². The number of rotatable bonds is 3. The highest BCUT2D eigenvalue weighted by Gasteiger charge is 2.45.